The molecule has 0 bridgehead atoms. The second-order valence-electron chi connectivity index (χ2n) is 11.8. The number of thiophene rings is 1. The molecule has 10 atom stereocenters. The number of aliphatic hydroxyl groups excluding tert-OH is 2. The van der Waals surface area contributed by atoms with Crippen molar-refractivity contribution in [3.05, 3.63) is 63.3 Å². The van der Waals surface area contributed by atoms with Crippen molar-refractivity contribution in [2.75, 3.05) is 34.2 Å². The standard InChI is InChI=1S/C32H32O13S/c1-37-19-6-13(7-20(38-2)25(19)33)23-14-8-17-18(42-12-41-17)9-15(14)28(16-10-39-30(36)24(16)23)44-32-27(35)26(34)29-21(43-32)11-40-31(45-29)22-4-3-5-46-22/h3-9,16,21,23-24,26-29,31-35H,10-12H2,1-2H3/t16-,21?,23+,24-,26?,27?,28+,29+,31?,32?/m0/s1. The van der Waals surface area contributed by atoms with Gasteiger partial charge < -0.3 is 58.0 Å². The van der Waals surface area contributed by atoms with Gasteiger partial charge in [0.2, 0.25) is 12.5 Å². The maximum Gasteiger partial charge on any atom is 0.310 e. The molecule has 0 radical (unpaired) electrons. The molecule has 8 rings (SSSR count). The number of methoxy groups -OCH3 is 2. The van der Waals surface area contributed by atoms with Crippen LogP contribution >= 0.6 is 11.3 Å². The van der Waals surface area contributed by atoms with Crippen LogP contribution in [0.2, 0.25) is 0 Å². The Morgan fingerprint density at radius 3 is 2.35 bits per heavy atom. The highest BCUT2D eigenvalue weighted by molar-refractivity contribution is 7.10. The van der Waals surface area contributed by atoms with Crippen molar-refractivity contribution in [3.63, 3.8) is 0 Å². The Hall–Kier alpha value is -3.63. The van der Waals surface area contributed by atoms with Gasteiger partial charge in [-0.3, -0.25) is 4.79 Å². The first kappa shape index (κ1) is 29.8. The first-order chi connectivity index (χ1) is 22.4. The average molecular weight is 657 g/mol. The van der Waals surface area contributed by atoms with E-state index in [0.29, 0.717) is 28.2 Å². The lowest BCUT2D eigenvalue weighted by Gasteiger charge is -2.48. The lowest BCUT2D eigenvalue weighted by Crippen LogP contribution is -2.62. The van der Waals surface area contributed by atoms with Crippen LogP contribution in [0.15, 0.2) is 41.8 Å². The largest absolute Gasteiger partial charge is 0.502 e. The first-order valence-corrected chi connectivity index (χ1v) is 15.8. The number of hydrogen-bond donors (Lipinski definition) is 3. The molecule has 4 aliphatic heterocycles. The summed E-state index contributed by atoms with van der Waals surface area (Å²) in [6, 6.07) is 10.7. The summed E-state index contributed by atoms with van der Waals surface area (Å²) in [6.45, 7) is 0.171. The zero-order chi connectivity index (χ0) is 31.7. The molecule has 0 spiro atoms. The molecule has 3 saturated heterocycles. The molecule has 3 N–H and O–H groups in total. The van der Waals surface area contributed by atoms with E-state index in [1.807, 2.05) is 23.6 Å². The van der Waals surface area contributed by atoms with Gasteiger partial charge in [-0.15, -0.1) is 11.3 Å². The van der Waals surface area contributed by atoms with Crippen LogP contribution in [-0.4, -0.2) is 86.2 Å². The molecule has 0 saturated carbocycles. The third kappa shape index (κ3) is 4.70. The SMILES string of the molecule is COc1cc([C@@H]2c3cc4c(cc3[C@@H](OC3OC5COC(c6cccs6)O[C@H]5C(O)C3O)[C@H]3COC(=O)[C@H]23)OCO4)cc(OC)c1O. The second kappa shape index (κ2) is 11.6. The van der Waals surface area contributed by atoms with Gasteiger partial charge in [0.05, 0.1) is 44.3 Å². The summed E-state index contributed by atoms with van der Waals surface area (Å²) < 4.78 is 52.6. The van der Waals surface area contributed by atoms with Gasteiger partial charge in [0.1, 0.15) is 24.4 Å². The van der Waals surface area contributed by atoms with E-state index in [4.69, 9.17) is 42.6 Å². The Kier molecular flexibility index (Phi) is 7.48. The fourth-order valence-electron chi connectivity index (χ4n) is 7.18. The first-order valence-electron chi connectivity index (χ1n) is 14.9. The van der Waals surface area contributed by atoms with E-state index in [0.717, 1.165) is 4.88 Å². The number of hydrogen-bond acceptors (Lipinski definition) is 14. The summed E-state index contributed by atoms with van der Waals surface area (Å²) in [7, 11) is 2.86. The summed E-state index contributed by atoms with van der Waals surface area (Å²) in [6.07, 6.45) is -7.16. The number of fused-ring (bicyclic) bond motifs is 4. The molecule has 244 valence electrons. The average Bonchev–Trinajstić information content (AvgIpc) is 3.85. The van der Waals surface area contributed by atoms with Crippen molar-refractivity contribution >= 4 is 17.3 Å². The molecule has 1 aromatic heterocycles. The maximum absolute atomic E-state index is 13.5. The van der Waals surface area contributed by atoms with Gasteiger partial charge in [-0.2, -0.15) is 0 Å². The lowest BCUT2D eigenvalue weighted by molar-refractivity contribution is -0.368. The highest BCUT2D eigenvalue weighted by atomic mass is 32.1. The number of cyclic esters (lactones) is 1. The predicted octanol–water partition coefficient (Wildman–Crippen LogP) is 2.75. The number of carbonyl (C=O) groups is 1. The van der Waals surface area contributed by atoms with Gasteiger partial charge in [0, 0.05) is 11.8 Å². The molecule has 13 nitrogen and oxygen atoms in total. The van der Waals surface area contributed by atoms with Gasteiger partial charge in [-0.05, 0) is 52.4 Å². The van der Waals surface area contributed by atoms with E-state index in [1.165, 1.54) is 25.6 Å². The molecular formula is C32H32O13S. The molecule has 1 aliphatic carbocycles. The Morgan fingerprint density at radius 1 is 0.913 bits per heavy atom. The highest BCUT2D eigenvalue weighted by Gasteiger charge is 2.56. The fraction of sp³-hybridized carbons (Fsp3) is 0.469. The Morgan fingerprint density at radius 2 is 1.65 bits per heavy atom. The number of phenolic OH excluding ortho intramolecular Hbond substituents is 1. The number of benzene rings is 2. The molecular weight excluding hydrogens is 624 g/mol. The smallest absolute Gasteiger partial charge is 0.310 e. The molecule has 3 fully saturated rings. The second-order valence-corrected chi connectivity index (χ2v) is 12.7. The minimum Gasteiger partial charge on any atom is -0.502 e. The van der Waals surface area contributed by atoms with Gasteiger partial charge in [0.25, 0.3) is 0 Å². The van der Waals surface area contributed by atoms with Crippen LogP contribution in [0.4, 0.5) is 0 Å². The van der Waals surface area contributed by atoms with Crippen LogP contribution < -0.4 is 18.9 Å². The zero-order valence-corrected chi connectivity index (χ0v) is 25.6. The number of aromatic hydroxyl groups is 1. The molecule has 2 aromatic carbocycles. The maximum atomic E-state index is 13.5. The molecule has 5 heterocycles. The Balaban J connectivity index is 1.16. The number of esters is 1. The lowest BCUT2D eigenvalue weighted by atomic mass is 9.66. The molecule has 5 unspecified atom stereocenters. The third-order valence-corrected chi connectivity index (χ3v) is 10.3. The third-order valence-electron chi connectivity index (χ3n) is 9.37. The monoisotopic (exact) mass is 656 g/mol. The number of ether oxygens (including phenoxy) is 9. The minimum absolute atomic E-state index is 0.0242. The van der Waals surface area contributed by atoms with E-state index >= 15 is 0 Å². The number of phenols is 1. The molecule has 46 heavy (non-hydrogen) atoms. The fourth-order valence-corrected chi connectivity index (χ4v) is 7.89. The quantitative estimate of drug-likeness (QED) is 0.333. The molecule has 0 amide bonds. The van der Waals surface area contributed by atoms with Crippen LogP contribution in [-0.2, 0) is 28.5 Å². The Labute approximate surface area is 267 Å². The Bertz CT molecular complexity index is 1600. The predicted molar refractivity (Wildman–Crippen MR) is 156 cm³/mol. The van der Waals surface area contributed by atoms with E-state index < -0.39 is 66.8 Å². The van der Waals surface area contributed by atoms with Crippen molar-refractivity contribution in [1.82, 2.24) is 0 Å². The van der Waals surface area contributed by atoms with Gasteiger partial charge in [-0.1, -0.05) is 6.07 Å². The molecule has 5 aliphatic rings. The normalized spacial score (nSPS) is 34.3. The van der Waals surface area contributed by atoms with E-state index in [-0.39, 0.29) is 37.3 Å². The van der Waals surface area contributed by atoms with Crippen molar-refractivity contribution in [2.24, 2.45) is 11.8 Å². The van der Waals surface area contributed by atoms with Crippen LogP contribution in [0.5, 0.6) is 28.7 Å². The summed E-state index contributed by atoms with van der Waals surface area (Å²) >= 11 is 1.46. The summed E-state index contributed by atoms with van der Waals surface area (Å²) in [4.78, 5) is 14.3. The van der Waals surface area contributed by atoms with Crippen LogP contribution in [0.25, 0.3) is 0 Å². The van der Waals surface area contributed by atoms with Gasteiger partial charge in [0.15, 0.2) is 35.6 Å². The van der Waals surface area contributed by atoms with Crippen molar-refractivity contribution < 1.29 is 62.7 Å². The van der Waals surface area contributed by atoms with Gasteiger partial charge >= 0.3 is 5.97 Å². The minimum atomic E-state index is -1.47. The zero-order valence-electron chi connectivity index (χ0n) is 24.8. The van der Waals surface area contributed by atoms with Crippen LogP contribution in [0.3, 0.4) is 0 Å². The van der Waals surface area contributed by atoms with E-state index in [9.17, 15) is 20.1 Å². The van der Waals surface area contributed by atoms with Crippen molar-refractivity contribution in [2.45, 2.75) is 49.0 Å². The van der Waals surface area contributed by atoms with Gasteiger partial charge in [-0.25, -0.2) is 0 Å². The molecule has 14 heteroatoms. The van der Waals surface area contributed by atoms with Crippen LogP contribution in [0.1, 0.15) is 39.9 Å². The van der Waals surface area contributed by atoms with E-state index in [1.54, 1.807) is 18.2 Å². The number of carbonyl (C=O) groups excluding carboxylic acids is 1. The van der Waals surface area contributed by atoms with Crippen molar-refractivity contribution in [3.8, 4) is 28.7 Å². The summed E-state index contributed by atoms with van der Waals surface area (Å²) in [5.41, 5.74) is 2.00. The number of aliphatic hydroxyl groups is 2. The summed E-state index contributed by atoms with van der Waals surface area (Å²) in [5.74, 6) is -1.08. The van der Waals surface area contributed by atoms with Crippen LogP contribution in [0, 0.1) is 11.8 Å². The highest BCUT2D eigenvalue weighted by Crippen LogP contribution is 2.57. The van der Waals surface area contributed by atoms with Crippen molar-refractivity contribution in [1.29, 1.82) is 0 Å². The topological polar surface area (TPSA) is 161 Å². The number of rotatable bonds is 6. The summed E-state index contributed by atoms with van der Waals surface area (Å²) in [5, 5.41) is 35.0. The van der Waals surface area contributed by atoms with E-state index in [2.05, 4.69) is 0 Å². The molecule has 3 aromatic rings.